The van der Waals surface area contributed by atoms with Crippen LogP contribution < -0.4 is 5.32 Å². The minimum Gasteiger partial charge on any atom is -0.394 e. The molecule has 0 radical (unpaired) electrons. The molecule has 9 nitrogen and oxygen atoms in total. The van der Waals surface area contributed by atoms with Crippen LogP contribution in [0.4, 0.5) is 0 Å². The Bertz CT molecular complexity index is 955. The predicted octanol–water partition coefficient (Wildman–Crippen LogP) is 13.1. The number of carbonyl (C=O) groups is 1. The van der Waals surface area contributed by atoms with Gasteiger partial charge in [0.05, 0.1) is 25.4 Å². The average Bonchev–Trinajstić information content (AvgIpc) is 3.28. The van der Waals surface area contributed by atoms with Gasteiger partial charge in [0.25, 0.3) is 0 Å². The summed E-state index contributed by atoms with van der Waals surface area (Å²) in [7, 11) is 0. The highest BCUT2D eigenvalue weighted by atomic mass is 16.7. The minimum absolute atomic E-state index is 0.132. The lowest BCUT2D eigenvalue weighted by Crippen LogP contribution is -2.60. The fourth-order valence-corrected chi connectivity index (χ4v) is 9.28. The van der Waals surface area contributed by atoms with E-state index in [9.17, 15) is 30.3 Å². The number of nitrogens with one attached hydrogen (secondary N) is 1. The zero-order valence-electron chi connectivity index (χ0n) is 41.6. The Morgan fingerprint density at radius 2 is 0.794 bits per heavy atom. The van der Waals surface area contributed by atoms with Crippen molar-refractivity contribution in [3.05, 3.63) is 0 Å². The molecular weight excluding hydrogens is 791 g/mol. The number of unbranched alkanes of at least 4 members (excludes halogenated alkanes) is 38. The van der Waals surface area contributed by atoms with Crippen molar-refractivity contribution in [1.29, 1.82) is 0 Å². The number of amides is 1. The van der Waals surface area contributed by atoms with Crippen molar-refractivity contribution < 1.29 is 39.8 Å². The molecule has 9 heteroatoms. The quantitative estimate of drug-likeness (QED) is 0.0331. The number of hydrogen-bond donors (Lipinski definition) is 6. The third kappa shape index (κ3) is 35.1. The molecule has 0 bridgehead atoms. The molecule has 0 aromatic carbocycles. The van der Waals surface area contributed by atoms with Gasteiger partial charge in [-0.25, -0.2) is 0 Å². The van der Waals surface area contributed by atoms with Gasteiger partial charge in [0, 0.05) is 6.42 Å². The Kier molecular flexibility index (Phi) is 43.0. The monoisotopic (exact) mass is 898 g/mol. The van der Waals surface area contributed by atoms with Crippen LogP contribution in [-0.2, 0) is 14.3 Å². The standard InChI is InChI=1S/C54H107NO8/c1-3-5-7-9-11-13-14-15-16-17-18-19-20-21-22-23-24-25-26-27-28-29-30-31-32-33-34-35-36-37-39-41-43-48(57)47(55-50(58)44-42-40-38-12-10-8-6-4-2)46-62-54-53(61)52(60)51(59)49(45-56)63-54/h47-49,51-54,56-57,59-61H,3-46H2,1-2H3,(H,55,58). The number of aliphatic hydroxyl groups excluding tert-OH is 5. The second-order valence-electron chi connectivity index (χ2n) is 19.7. The minimum atomic E-state index is -1.55. The number of carbonyl (C=O) groups excluding carboxylic acids is 1. The van der Waals surface area contributed by atoms with E-state index in [0.29, 0.717) is 12.8 Å². The summed E-state index contributed by atoms with van der Waals surface area (Å²) >= 11 is 0. The number of aliphatic hydroxyl groups is 5. The molecule has 1 fully saturated rings. The Hall–Kier alpha value is -0.810. The fraction of sp³-hybridized carbons (Fsp3) is 0.981. The Morgan fingerprint density at radius 3 is 1.13 bits per heavy atom. The third-order valence-corrected chi connectivity index (χ3v) is 13.7. The smallest absolute Gasteiger partial charge is 0.220 e. The third-order valence-electron chi connectivity index (χ3n) is 13.7. The summed E-state index contributed by atoms with van der Waals surface area (Å²) < 4.78 is 11.3. The number of rotatable bonds is 48. The van der Waals surface area contributed by atoms with Crippen LogP contribution in [0.25, 0.3) is 0 Å². The molecule has 1 aliphatic heterocycles. The van der Waals surface area contributed by atoms with Crippen LogP contribution in [0.2, 0.25) is 0 Å². The van der Waals surface area contributed by atoms with Crippen LogP contribution in [0.1, 0.15) is 284 Å². The topological polar surface area (TPSA) is 149 Å². The second kappa shape index (κ2) is 45.0. The summed E-state index contributed by atoms with van der Waals surface area (Å²) in [5.41, 5.74) is 0. The fourth-order valence-electron chi connectivity index (χ4n) is 9.28. The Balaban J connectivity index is 2.04. The maximum Gasteiger partial charge on any atom is 0.220 e. The molecule has 7 unspecified atom stereocenters. The summed E-state index contributed by atoms with van der Waals surface area (Å²) in [6, 6.07) is -0.711. The Morgan fingerprint density at radius 1 is 0.476 bits per heavy atom. The molecule has 0 spiro atoms. The van der Waals surface area contributed by atoms with Crippen LogP contribution in [0, 0.1) is 0 Å². The van der Waals surface area contributed by atoms with Gasteiger partial charge in [0.15, 0.2) is 6.29 Å². The van der Waals surface area contributed by atoms with Gasteiger partial charge in [0.1, 0.15) is 24.4 Å². The molecule has 0 aromatic rings. The van der Waals surface area contributed by atoms with Crippen molar-refractivity contribution in [3.8, 4) is 0 Å². The van der Waals surface area contributed by atoms with Gasteiger partial charge >= 0.3 is 0 Å². The van der Waals surface area contributed by atoms with Crippen LogP contribution in [0.15, 0.2) is 0 Å². The van der Waals surface area contributed by atoms with Gasteiger partial charge in [-0.3, -0.25) is 4.79 Å². The van der Waals surface area contributed by atoms with E-state index in [1.54, 1.807) is 0 Å². The molecular formula is C54H107NO8. The summed E-state index contributed by atoms with van der Waals surface area (Å²) in [6.07, 6.45) is 46.0. The summed E-state index contributed by atoms with van der Waals surface area (Å²) in [5, 5.41) is 54.3. The highest BCUT2D eigenvalue weighted by Gasteiger charge is 2.44. The van der Waals surface area contributed by atoms with Crippen molar-refractivity contribution in [2.75, 3.05) is 13.2 Å². The van der Waals surface area contributed by atoms with Crippen molar-refractivity contribution in [2.24, 2.45) is 0 Å². The molecule has 1 amide bonds. The van der Waals surface area contributed by atoms with E-state index in [0.717, 1.165) is 38.5 Å². The largest absolute Gasteiger partial charge is 0.394 e. The van der Waals surface area contributed by atoms with Crippen LogP contribution >= 0.6 is 0 Å². The van der Waals surface area contributed by atoms with E-state index in [2.05, 4.69) is 19.2 Å². The van der Waals surface area contributed by atoms with E-state index < -0.39 is 49.5 Å². The first-order valence-electron chi connectivity index (χ1n) is 27.7. The van der Waals surface area contributed by atoms with Gasteiger partial charge in [-0.15, -0.1) is 0 Å². The van der Waals surface area contributed by atoms with Gasteiger partial charge in [0.2, 0.25) is 5.91 Å². The first kappa shape index (κ1) is 60.2. The van der Waals surface area contributed by atoms with Gasteiger partial charge < -0.3 is 40.3 Å². The first-order valence-corrected chi connectivity index (χ1v) is 27.7. The Labute approximate surface area is 389 Å². The van der Waals surface area contributed by atoms with Crippen LogP contribution in [0.3, 0.4) is 0 Å². The SMILES string of the molecule is CCCCCCCCCCCCCCCCCCCCCCCCCCCCCCCCCCC(O)C(COC1OC(CO)C(O)C(O)C1O)NC(=O)CCCCCCCCCC. The molecule has 1 rings (SSSR count). The molecule has 63 heavy (non-hydrogen) atoms. The highest BCUT2D eigenvalue weighted by Crippen LogP contribution is 2.23. The van der Waals surface area contributed by atoms with Gasteiger partial charge in [-0.2, -0.15) is 0 Å². The second-order valence-corrected chi connectivity index (χ2v) is 19.7. The number of hydrogen-bond acceptors (Lipinski definition) is 8. The number of ether oxygens (including phenoxy) is 2. The average molecular weight is 898 g/mol. The molecule has 1 heterocycles. The van der Waals surface area contributed by atoms with E-state index in [4.69, 9.17) is 9.47 Å². The van der Waals surface area contributed by atoms with Crippen LogP contribution in [0.5, 0.6) is 0 Å². The molecule has 6 N–H and O–H groups in total. The predicted molar refractivity (Wildman–Crippen MR) is 263 cm³/mol. The maximum absolute atomic E-state index is 12.9. The van der Waals surface area contributed by atoms with Crippen molar-refractivity contribution in [3.63, 3.8) is 0 Å². The van der Waals surface area contributed by atoms with Crippen molar-refractivity contribution in [2.45, 2.75) is 326 Å². The van der Waals surface area contributed by atoms with Crippen molar-refractivity contribution in [1.82, 2.24) is 5.32 Å². The lowest BCUT2D eigenvalue weighted by Gasteiger charge is -2.40. The van der Waals surface area contributed by atoms with E-state index in [1.807, 2.05) is 0 Å². The van der Waals surface area contributed by atoms with Gasteiger partial charge in [-0.05, 0) is 12.8 Å². The van der Waals surface area contributed by atoms with E-state index in [1.165, 1.54) is 218 Å². The van der Waals surface area contributed by atoms with E-state index >= 15 is 0 Å². The molecule has 0 aliphatic carbocycles. The summed E-state index contributed by atoms with van der Waals surface area (Å²) in [5.74, 6) is -0.145. The molecule has 0 aromatic heterocycles. The lowest BCUT2D eigenvalue weighted by atomic mass is 9.99. The van der Waals surface area contributed by atoms with Gasteiger partial charge in [-0.1, -0.05) is 264 Å². The normalized spacial score (nSPS) is 20.0. The maximum atomic E-state index is 12.9. The first-order chi connectivity index (χ1) is 30.8. The molecule has 7 atom stereocenters. The van der Waals surface area contributed by atoms with Crippen molar-refractivity contribution >= 4 is 5.91 Å². The highest BCUT2D eigenvalue weighted by molar-refractivity contribution is 5.76. The zero-order chi connectivity index (χ0) is 45.9. The summed E-state index contributed by atoms with van der Waals surface area (Å²) in [4.78, 5) is 12.9. The molecule has 0 saturated carbocycles. The zero-order valence-corrected chi connectivity index (χ0v) is 41.6. The summed E-state index contributed by atoms with van der Waals surface area (Å²) in [6.45, 7) is 3.83. The molecule has 1 saturated heterocycles. The lowest BCUT2D eigenvalue weighted by molar-refractivity contribution is -0.302. The molecule has 1 aliphatic rings. The van der Waals surface area contributed by atoms with E-state index in [-0.39, 0.29) is 12.5 Å². The van der Waals surface area contributed by atoms with Crippen LogP contribution in [-0.4, -0.2) is 87.5 Å². The molecule has 376 valence electrons.